The first-order chi connectivity index (χ1) is 8.69. The van der Waals surface area contributed by atoms with Crippen molar-refractivity contribution in [3.8, 4) is 0 Å². The highest BCUT2D eigenvalue weighted by atomic mass is 32.2. The highest BCUT2D eigenvalue weighted by molar-refractivity contribution is 7.89. The predicted octanol–water partition coefficient (Wildman–Crippen LogP) is 0.556. The van der Waals surface area contributed by atoms with Crippen LogP contribution in [0.25, 0.3) is 0 Å². The van der Waals surface area contributed by atoms with Crippen molar-refractivity contribution in [2.75, 3.05) is 12.8 Å². The molecule has 0 bridgehead atoms. The Hall–Kier alpha value is -1.67. The van der Waals surface area contributed by atoms with Crippen LogP contribution in [0.2, 0.25) is 0 Å². The molecule has 0 saturated heterocycles. The van der Waals surface area contributed by atoms with Crippen LogP contribution in [-0.2, 0) is 19.6 Å². The van der Waals surface area contributed by atoms with Crippen molar-refractivity contribution < 1.29 is 22.3 Å². The van der Waals surface area contributed by atoms with Crippen LogP contribution >= 0.6 is 0 Å². The molecule has 0 aromatic heterocycles. The number of hydrogen-bond donors (Lipinski definition) is 2. The first-order valence-corrected chi connectivity index (χ1v) is 6.83. The maximum absolute atomic E-state index is 13.8. The lowest BCUT2D eigenvalue weighted by atomic mass is 10.2. The normalized spacial score (nSPS) is 13.1. The van der Waals surface area contributed by atoms with Gasteiger partial charge in [0.25, 0.3) is 0 Å². The van der Waals surface area contributed by atoms with Gasteiger partial charge in [0, 0.05) is 5.69 Å². The van der Waals surface area contributed by atoms with E-state index < -0.39 is 32.7 Å². The Morgan fingerprint density at radius 3 is 2.58 bits per heavy atom. The van der Waals surface area contributed by atoms with Gasteiger partial charge in [-0.25, -0.2) is 12.8 Å². The quantitative estimate of drug-likeness (QED) is 0.623. The molecule has 1 aromatic carbocycles. The van der Waals surface area contributed by atoms with E-state index in [1.165, 1.54) is 19.9 Å². The number of halogens is 1. The molecule has 0 saturated carbocycles. The van der Waals surface area contributed by atoms with Crippen molar-refractivity contribution >= 4 is 21.7 Å². The third-order valence-corrected chi connectivity index (χ3v) is 3.96. The van der Waals surface area contributed by atoms with Crippen LogP contribution in [0.3, 0.4) is 0 Å². The monoisotopic (exact) mass is 290 g/mol. The van der Waals surface area contributed by atoms with Crippen LogP contribution in [0.5, 0.6) is 0 Å². The van der Waals surface area contributed by atoms with Gasteiger partial charge in [-0.15, -0.1) is 0 Å². The second kappa shape index (κ2) is 5.54. The number of nitrogens with one attached hydrogen (secondary N) is 1. The predicted molar refractivity (Wildman–Crippen MR) is 67.3 cm³/mol. The summed E-state index contributed by atoms with van der Waals surface area (Å²) in [7, 11) is -3.07. The van der Waals surface area contributed by atoms with Crippen molar-refractivity contribution in [2.24, 2.45) is 0 Å². The number of sulfonamides is 1. The van der Waals surface area contributed by atoms with Crippen LogP contribution in [0.4, 0.5) is 10.1 Å². The van der Waals surface area contributed by atoms with Crippen molar-refractivity contribution in [2.45, 2.75) is 24.8 Å². The van der Waals surface area contributed by atoms with Gasteiger partial charge in [0.2, 0.25) is 10.0 Å². The first-order valence-electron chi connectivity index (χ1n) is 5.35. The molecule has 1 atom stereocenters. The van der Waals surface area contributed by atoms with E-state index in [0.717, 1.165) is 13.2 Å². The average Bonchev–Trinajstić information content (AvgIpc) is 2.31. The van der Waals surface area contributed by atoms with Crippen LogP contribution < -0.4 is 10.5 Å². The van der Waals surface area contributed by atoms with E-state index in [1.54, 1.807) is 0 Å². The Kier molecular flexibility index (Phi) is 4.48. The number of esters is 1. The van der Waals surface area contributed by atoms with Gasteiger partial charge in [-0.2, -0.15) is 4.72 Å². The summed E-state index contributed by atoms with van der Waals surface area (Å²) >= 11 is 0. The van der Waals surface area contributed by atoms with E-state index in [0.29, 0.717) is 0 Å². The van der Waals surface area contributed by atoms with Crippen molar-refractivity contribution in [1.82, 2.24) is 4.72 Å². The van der Waals surface area contributed by atoms with Crippen LogP contribution in [-0.4, -0.2) is 27.5 Å². The molecule has 0 aliphatic carbocycles. The molecule has 1 rings (SSSR count). The number of nitrogens with two attached hydrogens (primary N) is 1. The fourth-order valence-electron chi connectivity index (χ4n) is 1.48. The fraction of sp³-hybridized carbons (Fsp3) is 0.364. The van der Waals surface area contributed by atoms with E-state index in [4.69, 9.17) is 5.73 Å². The average molecular weight is 290 g/mol. The van der Waals surface area contributed by atoms with Crippen molar-refractivity contribution in [3.05, 3.63) is 23.5 Å². The van der Waals surface area contributed by atoms with E-state index in [9.17, 15) is 17.6 Å². The molecule has 0 spiro atoms. The summed E-state index contributed by atoms with van der Waals surface area (Å²) < 4.78 is 44.2. The Labute approximate surface area is 110 Å². The number of ether oxygens (including phenoxy) is 1. The third kappa shape index (κ3) is 3.42. The molecule has 0 aliphatic heterocycles. The maximum atomic E-state index is 13.8. The summed E-state index contributed by atoms with van der Waals surface area (Å²) in [6.45, 7) is 2.69. The lowest BCUT2D eigenvalue weighted by molar-refractivity contribution is -0.142. The number of carbonyl (C=O) groups is 1. The zero-order valence-electron chi connectivity index (χ0n) is 10.7. The number of carbonyl (C=O) groups excluding carboxylic acids is 1. The van der Waals surface area contributed by atoms with Gasteiger partial charge in [0.05, 0.1) is 7.11 Å². The van der Waals surface area contributed by atoms with Gasteiger partial charge in [-0.3, -0.25) is 4.79 Å². The van der Waals surface area contributed by atoms with E-state index >= 15 is 0 Å². The minimum atomic E-state index is -4.20. The highest BCUT2D eigenvalue weighted by Crippen LogP contribution is 2.21. The summed E-state index contributed by atoms with van der Waals surface area (Å²) in [4.78, 5) is 10.6. The number of methoxy groups -OCH3 is 1. The molecule has 6 nitrogen and oxygen atoms in total. The molecule has 3 N–H and O–H groups in total. The highest BCUT2D eigenvalue weighted by Gasteiger charge is 2.26. The molecule has 8 heteroatoms. The van der Waals surface area contributed by atoms with Crippen molar-refractivity contribution in [3.63, 3.8) is 0 Å². The molecule has 0 radical (unpaired) electrons. The Balaban J connectivity index is 3.18. The number of anilines is 1. The smallest absolute Gasteiger partial charge is 0.323 e. The number of aryl methyl sites for hydroxylation is 1. The van der Waals surface area contributed by atoms with Gasteiger partial charge in [-0.05, 0) is 31.5 Å². The van der Waals surface area contributed by atoms with Gasteiger partial charge in [-0.1, -0.05) is 0 Å². The Morgan fingerprint density at radius 2 is 2.05 bits per heavy atom. The minimum Gasteiger partial charge on any atom is -0.468 e. The number of hydrogen-bond acceptors (Lipinski definition) is 5. The van der Waals surface area contributed by atoms with Crippen LogP contribution in [0, 0.1) is 12.7 Å². The summed E-state index contributed by atoms with van der Waals surface area (Å²) in [5, 5.41) is 0. The number of benzene rings is 1. The second-order valence-electron chi connectivity index (χ2n) is 4.02. The van der Waals surface area contributed by atoms with E-state index in [2.05, 4.69) is 4.74 Å². The largest absolute Gasteiger partial charge is 0.468 e. The molecule has 0 amide bonds. The van der Waals surface area contributed by atoms with Gasteiger partial charge >= 0.3 is 5.97 Å². The van der Waals surface area contributed by atoms with Crippen molar-refractivity contribution in [1.29, 1.82) is 0 Å². The Bertz CT molecular complexity index is 601. The lowest BCUT2D eigenvalue weighted by Crippen LogP contribution is -2.39. The van der Waals surface area contributed by atoms with Crippen LogP contribution in [0.1, 0.15) is 12.5 Å². The lowest BCUT2D eigenvalue weighted by Gasteiger charge is -2.13. The van der Waals surface area contributed by atoms with E-state index in [1.807, 2.05) is 4.72 Å². The molecule has 106 valence electrons. The SMILES string of the molecule is COC(=O)C(C)NS(=O)(=O)c1cc(N)cc(C)c1F. The number of nitrogen functional groups attached to an aromatic ring is 1. The molecule has 19 heavy (non-hydrogen) atoms. The van der Waals surface area contributed by atoms with Crippen LogP contribution in [0.15, 0.2) is 17.0 Å². The molecular formula is C11H15FN2O4S. The van der Waals surface area contributed by atoms with Gasteiger partial charge in [0.1, 0.15) is 16.8 Å². The maximum Gasteiger partial charge on any atom is 0.323 e. The van der Waals surface area contributed by atoms with Gasteiger partial charge < -0.3 is 10.5 Å². The van der Waals surface area contributed by atoms with Gasteiger partial charge in [0.15, 0.2) is 0 Å². The second-order valence-corrected chi connectivity index (χ2v) is 5.70. The molecule has 0 fully saturated rings. The third-order valence-electron chi connectivity index (χ3n) is 2.42. The molecule has 1 aromatic rings. The molecule has 0 aliphatic rings. The topological polar surface area (TPSA) is 98.5 Å². The fourth-order valence-corrected chi connectivity index (χ4v) is 2.86. The molecule has 1 unspecified atom stereocenters. The Morgan fingerprint density at radius 1 is 1.47 bits per heavy atom. The molecule has 0 heterocycles. The minimum absolute atomic E-state index is 0.103. The standard InChI is InChI=1S/C11H15FN2O4S/c1-6-4-8(13)5-9(10(6)12)19(16,17)14-7(2)11(15)18-3/h4-5,7,14H,13H2,1-3H3. The summed E-state index contributed by atoms with van der Waals surface area (Å²) in [5.74, 6) is -1.68. The van der Waals surface area contributed by atoms with E-state index in [-0.39, 0.29) is 11.3 Å². The summed E-state index contributed by atoms with van der Waals surface area (Å²) in [5.41, 5.74) is 5.71. The zero-order chi connectivity index (χ0) is 14.8. The zero-order valence-corrected chi connectivity index (χ0v) is 11.5. The molecular weight excluding hydrogens is 275 g/mol. The summed E-state index contributed by atoms with van der Waals surface area (Å²) in [6, 6.07) is 1.18. The first kappa shape index (κ1) is 15.4. The number of rotatable bonds is 4. The summed E-state index contributed by atoms with van der Waals surface area (Å²) in [6.07, 6.45) is 0.